The highest BCUT2D eigenvalue weighted by Crippen LogP contribution is 2.31. The van der Waals surface area contributed by atoms with Crippen LogP contribution in [0.15, 0.2) is 24.4 Å². The number of nitrogens with zero attached hydrogens (tertiary/aromatic N) is 2. The molecule has 0 bridgehead atoms. The van der Waals surface area contributed by atoms with E-state index in [2.05, 4.69) is 35.5 Å². The van der Waals surface area contributed by atoms with Crippen LogP contribution < -0.4 is 5.32 Å². The molecule has 0 saturated heterocycles. The Morgan fingerprint density at radius 1 is 1.38 bits per heavy atom. The summed E-state index contributed by atoms with van der Waals surface area (Å²) in [5.74, 6) is 0. The predicted octanol–water partition coefficient (Wildman–Crippen LogP) is 3.29. The van der Waals surface area contributed by atoms with Gasteiger partial charge in [0.25, 0.3) is 0 Å². The second kappa shape index (κ2) is 6.18. The molecule has 0 amide bonds. The predicted molar refractivity (Wildman–Crippen MR) is 83.4 cm³/mol. The summed E-state index contributed by atoms with van der Waals surface area (Å²) in [6.07, 6.45) is 2.76. The molecule has 0 aliphatic carbocycles. The monoisotopic (exact) mass is 305 g/mol. The molecule has 112 valence electrons. The molecule has 21 heavy (non-hydrogen) atoms. The Balaban J connectivity index is 2.00. The van der Waals surface area contributed by atoms with E-state index in [1.807, 2.05) is 11.7 Å². The zero-order valence-electron chi connectivity index (χ0n) is 12.4. The van der Waals surface area contributed by atoms with Gasteiger partial charge in [0.15, 0.2) is 0 Å². The molecule has 1 atom stereocenters. The maximum Gasteiger partial charge on any atom is 0.0837 e. The summed E-state index contributed by atoms with van der Waals surface area (Å²) in [5, 5.41) is 8.47. The second-order valence-electron chi connectivity index (χ2n) is 5.34. The normalized spacial score (nSPS) is 15.2. The Kier molecular flexibility index (Phi) is 4.29. The van der Waals surface area contributed by atoms with Crippen molar-refractivity contribution in [1.82, 2.24) is 15.1 Å². The Morgan fingerprint density at radius 2 is 2.19 bits per heavy atom. The van der Waals surface area contributed by atoms with Crippen molar-refractivity contribution in [3.63, 3.8) is 0 Å². The molecule has 1 aliphatic heterocycles. The van der Waals surface area contributed by atoms with Gasteiger partial charge in [0.05, 0.1) is 36.2 Å². The van der Waals surface area contributed by atoms with Gasteiger partial charge in [0.2, 0.25) is 0 Å². The Hall–Kier alpha value is -1.36. The van der Waals surface area contributed by atoms with E-state index in [1.54, 1.807) is 6.20 Å². The van der Waals surface area contributed by atoms with Crippen LogP contribution in [0.2, 0.25) is 5.02 Å². The molecule has 0 fully saturated rings. The number of halogens is 1. The molecule has 3 rings (SSSR count). The van der Waals surface area contributed by atoms with Gasteiger partial charge in [0.1, 0.15) is 0 Å². The maximum atomic E-state index is 6.37. The van der Waals surface area contributed by atoms with Crippen LogP contribution in [0, 0.1) is 0 Å². The molecule has 2 heterocycles. The first-order chi connectivity index (χ1) is 10.2. The molecular formula is C16H20ClN3O. The van der Waals surface area contributed by atoms with E-state index in [1.165, 1.54) is 16.7 Å². The summed E-state index contributed by atoms with van der Waals surface area (Å²) in [4.78, 5) is 0. The fourth-order valence-electron chi connectivity index (χ4n) is 2.88. The van der Waals surface area contributed by atoms with Gasteiger partial charge in [-0.2, -0.15) is 5.10 Å². The van der Waals surface area contributed by atoms with Gasteiger partial charge < -0.3 is 10.1 Å². The van der Waals surface area contributed by atoms with Crippen molar-refractivity contribution in [1.29, 1.82) is 0 Å². The zero-order valence-corrected chi connectivity index (χ0v) is 13.2. The third kappa shape index (κ3) is 2.71. The zero-order chi connectivity index (χ0) is 14.8. The number of hydrogen-bond acceptors (Lipinski definition) is 3. The Labute approximate surface area is 130 Å². The summed E-state index contributed by atoms with van der Waals surface area (Å²) < 4.78 is 7.49. The maximum absolute atomic E-state index is 6.37. The van der Waals surface area contributed by atoms with Crippen LogP contribution in [0.1, 0.15) is 41.8 Å². The van der Waals surface area contributed by atoms with E-state index in [0.717, 1.165) is 18.7 Å². The van der Waals surface area contributed by atoms with Gasteiger partial charge in [0, 0.05) is 6.54 Å². The standard InChI is InChI=1S/C16H20ClN3O/c1-3-6-20-16(14(17)8-19-20)15(18-2)11-4-5-12-9-21-10-13(12)7-11/h4-5,7-8,15,18H,3,6,9-10H2,1-2H3. The lowest BCUT2D eigenvalue weighted by Crippen LogP contribution is -2.22. The molecule has 0 radical (unpaired) electrons. The molecule has 0 saturated carbocycles. The van der Waals surface area contributed by atoms with Gasteiger partial charge in [-0.1, -0.05) is 36.7 Å². The van der Waals surface area contributed by atoms with Crippen LogP contribution in [-0.2, 0) is 24.5 Å². The lowest BCUT2D eigenvalue weighted by molar-refractivity contribution is 0.134. The van der Waals surface area contributed by atoms with E-state index >= 15 is 0 Å². The first kappa shape index (κ1) is 14.6. The van der Waals surface area contributed by atoms with Crippen LogP contribution in [0.3, 0.4) is 0 Å². The molecule has 1 unspecified atom stereocenters. The highest BCUT2D eigenvalue weighted by molar-refractivity contribution is 6.31. The second-order valence-corrected chi connectivity index (χ2v) is 5.75. The quantitative estimate of drug-likeness (QED) is 0.921. The van der Waals surface area contributed by atoms with Crippen molar-refractivity contribution in [3.05, 3.63) is 51.8 Å². The molecular weight excluding hydrogens is 286 g/mol. The number of rotatable bonds is 5. The topological polar surface area (TPSA) is 39.1 Å². The Bertz CT molecular complexity index is 638. The number of benzene rings is 1. The van der Waals surface area contributed by atoms with Crippen molar-refractivity contribution in [2.75, 3.05) is 7.05 Å². The van der Waals surface area contributed by atoms with E-state index in [9.17, 15) is 0 Å². The molecule has 1 aliphatic rings. The van der Waals surface area contributed by atoms with Gasteiger partial charge in [-0.3, -0.25) is 4.68 Å². The molecule has 4 nitrogen and oxygen atoms in total. The number of aromatic nitrogens is 2. The highest BCUT2D eigenvalue weighted by atomic mass is 35.5. The van der Waals surface area contributed by atoms with Crippen LogP contribution in [0.4, 0.5) is 0 Å². The molecule has 1 N–H and O–H groups in total. The van der Waals surface area contributed by atoms with E-state index < -0.39 is 0 Å². The summed E-state index contributed by atoms with van der Waals surface area (Å²) in [6, 6.07) is 6.55. The van der Waals surface area contributed by atoms with Crippen molar-refractivity contribution in [2.24, 2.45) is 0 Å². The van der Waals surface area contributed by atoms with Crippen molar-refractivity contribution in [3.8, 4) is 0 Å². The lowest BCUT2D eigenvalue weighted by Gasteiger charge is -2.20. The summed E-state index contributed by atoms with van der Waals surface area (Å²) in [7, 11) is 1.95. The third-order valence-corrected chi connectivity index (χ3v) is 4.20. The SMILES string of the molecule is CCCn1ncc(Cl)c1C(NC)c1ccc2c(c1)COC2. The number of aryl methyl sites for hydroxylation is 1. The lowest BCUT2D eigenvalue weighted by atomic mass is 9.99. The van der Waals surface area contributed by atoms with Gasteiger partial charge in [-0.05, 0) is 30.2 Å². The van der Waals surface area contributed by atoms with E-state index in [0.29, 0.717) is 18.2 Å². The number of ether oxygens (including phenoxy) is 1. The number of nitrogens with one attached hydrogen (secondary N) is 1. The van der Waals surface area contributed by atoms with Gasteiger partial charge in [-0.25, -0.2) is 0 Å². The van der Waals surface area contributed by atoms with Crippen molar-refractivity contribution in [2.45, 2.75) is 39.1 Å². The van der Waals surface area contributed by atoms with E-state index in [4.69, 9.17) is 16.3 Å². The highest BCUT2D eigenvalue weighted by Gasteiger charge is 2.22. The fraction of sp³-hybridized carbons (Fsp3) is 0.438. The van der Waals surface area contributed by atoms with Crippen LogP contribution in [0.5, 0.6) is 0 Å². The number of hydrogen-bond donors (Lipinski definition) is 1. The molecule has 2 aromatic rings. The summed E-state index contributed by atoms with van der Waals surface area (Å²) in [6.45, 7) is 4.42. The average Bonchev–Trinajstić information content (AvgIpc) is 3.09. The minimum atomic E-state index is 0.0393. The number of fused-ring (bicyclic) bond motifs is 1. The van der Waals surface area contributed by atoms with E-state index in [-0.39, 0.29) is 6.04 Å². The summed E-state index contributed by atoms with van der Waals surface area (Å²) >= 11 is 6.37. The van der Waals surface area contributed by atoms with Crippen LogP contribution in [0.25, 0.3) is 0 Å². The summed E-state index contributed by atoms with van der Waals surface area (Å²) in [5.41, 5.74) is 4.77. The molecule has 5 heteroatoms. The van der Waals surface area contributed by atoms with Crippen molar-refractivity contribution < 1.29 is 4.74 Å². The molecule has 0 spiro atoms. The fourth-order valence-corrected chi connectivity index (χ4v) is 3.13. The smallest absolute Gasteiger partial charge is 0.0837 e. The van der Waals surface area contributed by atoms with Crippen LogP contribution in [-0.4, -0.2) is 16.8 Å². The van der Waals surface area contributed by atoms with Gasteiger partial charge >= 0.3 is 0 Å². The van der Waals surface area contributed by atoms with Crippen molar-refractivity contribution >= 4 is 11.6 Å². The molecule has 1 aromatic heterocycles. The first-order valence-electron chi connectivity index (χ1n) is 7.32. The molecule has 1 aromatic carbocycles. The third-order valence-electron chi connectivity index (χ3n) is 3.91. The largest absolute Gasteiger partial charge is 0.372 e. The minimum absolute atomic E-state index is 0.0393. The average molecular weight is 306 g/mol. The van der Waals surface area contributed by atoms with Gasteiger partial charge in [-0.15, -0.1) is 0 Å². The van der Waals surface area contributed by atoms with Crippen LogP contribution >= 0.6 is 11.6 Å². The first-order valence-corrected chi connectivity index (χ1v) is 7.70. The Morgan fingerprint density at radius 3 is 2.95 bits per heavy atom. The minimum Gasteiger partial charge on any atom is -0.372 e.